The van der Waals surface area contributed by atoms with E-state index in [-0.39, 0.29) is 15.6 Å². The molecule has 0 saturated heterocycles. The largest absolute Gasteiger partial charge is 0.332 e. The lowest BCUT2D eigenvalue weighted by Gasteiger charge is -2.12. The van der Waals surface area contributed by atoms with Gasteiger partial charge in [0.15, 0.2) is 10.6 Å². The molecular formula is C20H17N5O3S3. The Kier molecular flexibility index (Phi) is 5.56. The number of thiazole rings is 1. The lowest BCUT2D eigenvalue weighted by atomic mass is 10.3. The minimum Gasteiger partial charge on any atom is -0.332 e. The second kappa shape index (κ2) is 8.17. The molecule has 0 spiro atoms. The Bertz CT molecular complexity index is 1440. The topological polar surface area (TPSA) is 106 Å². The number of para-hydroxylation sites is 1. The first kappa shape index (κ1) is 21.1. The van der Waals surface area contributed by atoms with Crippen molar-refractivity contribution >= 4 is 54.6 Å². The lowest BCUT2D eigenvalue weighted by molar-refractivity contribution is 0.593. The molecule has 4 rings (SSSR count). The van der Waals surface area contributed by atoms with Crippen molar-refractivity contribution in [1.29, 1.82) is 0 Å². The van der Waals surface area contributed by atoms with Crippen molar-refractivity contribution in [3.05, 3.63) is 75.7 Å². The van der Waals surface area contributed by atoms with Crippen LogP contribution in [0, 0.1) is 13.8 Å². The number of rotatable bonds is 4. The van der Waals surface area contributed by atoms with E-state index in [2.05, 4.69) is 20.1 Å². The van der Waals surface area contributed by atoms with Gasteiger partial charge in [-0.1, -0.05) is 18.2 Å². The molecule has 0 radical (unpaired) electrons. The summed E-state index contributed by atoms with van der Waals surface area (Å²) in [4.78, 5) is 17.1. The fourth-order valence-electron chi connectivity index (χ4n) is 2.96. The number of anilines is 1. The zero-order valence-electron chi connectivity index (χ0n) is 16.5. The fourth-order valence-corrected chi connectivity index (χ4v) is 5.16. The summed E-state index contributed by atoms with van der Waals surface area (Å²) in [6.45, 7) is 3.64. The van der Waals surface area contributed by atoms with Gasteiger partial charge in [0, 0.05) is 5.69 Å². The van der Waals surface area contributed by atoms with Gasteiger partial charge in [-0.05, 0) is 62.5 Å². The third-order valence-electron chi connectivity index (χ3n) is 4.36. The summed E-state index contributed by atoms with van der Waals surface area (Å²) >= 11 is 6.52. The van der Waals surface area contributed by atoms with Gasteiger partial charge in [0.05, 0.1) is 26.0 Å². The molecule has 0 unspecified atom stereocenters. The van der Waals surface area contributed by atoms with E-state index in [4.69, 9.17) is 12.2 Å². The molecule has 2 aromatic carbocycles. The monoisotopic (exact) mass is 471 g/mol. The van der Waals surface area contributed by atoms with Crippen molar-refractivity contribution in [3.8, 4) is 5.69 Å². The van der Waals surface area contributed by atoms with Gasteiger partial charge in [0.2, 0.25) is 0 Å². The van der Waals surface area contributed by atoms with Crippen LogP contribution in [0.4, 0.5) is 5.69 Å². The van der Waals surface area contributed by atoms with E-state index in [1.807, 2.05) is 13.0 Å². The van der Waals surface area contributed by atoms with E-state index in [0.717, 1.165) is 9.71 Å². The molecule has 8 nitrogen and oxygen atoms in total. The minimum atomic E-state index is -3.90. The molecule has 0 atom stereocenters. The molecule has 0 amide bonds. The Morgan fingerprint density at radius 3 is 2.42 bits per heavy atom. The van der Waals surface area contributed by atoms with Crippen LogP contribution in [0.15, 0.2) is 64.3 Å². The first-order chi connectivity index (χ1) is 14.7. The Morgan fingerprint density at radius 1 is 1.06 bits per heavy atom. The number of fused-ring (bicyclic) bond motifs is 1. The van der Waals surface area contributed by atoms with E-state index in [1.165, 1.54) is 40.3 Å². The average Bonchev–Trinajstić information content (AvgIpc) is 3.14. The molecule has 31 heavy (non-hydrogen) atoms. The maximum Gasteiger partial charge on any atom is 0.298 e. The van der Waals surface area contributed by atoms with E-state index in [0.29, 0.717) is 22.6 Å². The molecule has 0 aliphatic heterocycles. The Labute approximate surface area is 187 Å². The molecule has 0 aliphatic rings. The molecule has 0 bridgehead atoms. The van der Waals surface area contributed by atoms with Crippen LogP contribution < -0.4 is 15.6 Å². The Hall–Kier alpha value is -3.15. The third kappa shape index (κ3) is 4.33. The summed E-state index contributed by atoms with van der Waals surface area (Å²) < 4.78 is 29.6. The molecule has 158 valence electrons. The molecular weight excluding hydrogens is 454 g/mol. The number of thiocarbonyl (C=S) groups is 1. The number of nitrogens with one attached hydrogen (secondary N) is 2. The van der Waals surface area contributed by atoms with Gasteiger partial charge in [-0.2, -0.15) is 9.78 Å². The summed E-state index contributed by atoms with van der Waals surface area (Å²) in [7, 11) is -3.90. The van der Waals surface area contributed by atoms with Crippen LogP contribution in [0.3, 0.4) is 0 Å². The summed E-state index contributed by atoms with van der Waals surface area (Å²) in [5.41, 5.74) is 1.78. The highest BCUT2D eigenvalue weighted by atomic mass is 32.2. The van der Waals surface area contributed by atoms with Crippen molar-refractivity contribution in [2.75, 3.05) is 5.32 Å². The number of aromatic nitrogens is 3. The molecule has 4 aromatic rings. The highest BCUT2D eigenvalue weighted by Crippen LogP contribution is 2.22. The van der Waals surface area contributed by atoms with E-state index in [1.54, 1.807) is 31.2 Å². The summed E-state index contributed by atoms with van der Waals surface area (Å²) in [6.07, 6.45) is 0. The van der Waals surface area contributed by atoms with Crippen molar-refractivity contribution < 1.29 is 8.42 Å². The van der Waals surface area contributed by atoms with Crippen molar-refractivity contribution in [2.24, 2.45) is 0 Å². The summed E-state index contributed by atoms with van der Waals surface area (Å²) in [6, 6.07) is 14.8. The van der Waals surface area contributed by atoms with Crippen LogP contribution in [0.25, 0.3) is 15.9 Å². The smallest absolute Gasteiger partial charge is 0.298 e. The van der Waals surface area contributed by atoms with Gasteiger partial charge in [-0.3, -0.25) is 9.52 Å². The summed E-state index contributed by atoms with van der Waals surface area (Å²) in [5, 5.41) is 7.90. The number of nitrogens with zero attached hydrogens (tertiary/aromatic N) is 3. The first-order valence-electron chi connectivity index (χ1n) is 9.11. The van der Waals surface area contributed by atoms with Crippen LogP contribution in [-0.2, 0) is 10.0 Å². The minimum absolute atomic E-state index is 0.00353. The van der Waals surface area contributed by atoms with Crippen molar-refractivity contribution in [3.63, 3.8) is 0 Å². The van der Waals surface area contributed by atoms with Crippen LogP contribution in [0.1, 0.15) is 10.7 Å². The van der Waals surface area contributed by atoms with Gasteiger partial charge in [0.25, 0.3) is 15.6 Å². The lowest BCUT2D eigenvalue weighted by Crippen LogP contribution is -2.34. The van der Waals surface area contributed by atoms with Crippen LogP contribution in [0.5, 0.6) is 0 Å². The first-order valence-corrected chi connectivity index (χ1v) is 11.8. The second-order valence-electron chi connectivity index (χ2n) is 6.63. The predicted octanol–water partition coefficient (Wildman–Crippen LogP) is 3.13. The molecule has 11 heteroatoms. The normalized spacial score (nSPS) is 11.4. The van der Waals surface area contributed by atoms with Gasteiger partial charge >= 0.3 is 0 Å². The van der Waals surface area contributed by atoms with E-state index >= 15 is 0 Å². The molecule has 0 fully saturated rings. The standard InChI is InChI=1S/C20H17N5O3S3/c1-12-18-17(21-13(2)30-18)19(26)25(23-12)15-8-10-16(11-9-15)31(27,28)24-20(29)22-14-6-4-3-5-7-14/h3-11H,1-2H3,(H2,22,24,29). The zero-order chi connectivity index (χ0) is 22.2. The molecule has 2 aromatic heterocycles. The highest BCUT2D eigenvalue weighted by molar-refractivity contribution is 7.92. The van der Waals surface area contributed by atoms with Gasteiger partial charge in [0.1, 0.15) is 0 Å². The van der Waals surface area contributed by atoms with E-state index < -0.39 is 10.0 Å². The highest BCUT2D eigenvalue weighted by Gasteiger charge is 2.17. The quantitative estimate of drug-likeness (QED) is 0.441. The van der Waals surface area contributed by atoms with Crippen LogP contribution >= 0.6 is 23.6 Å². The maximum atomic E-state index is 12.8. The average molecular weight is 472 g/mol. The molecule has 2 heterocycles. The summed E-state index contributed by atoms with van der Waals surface area (Å²) in [5.74, 6) is 0. The Balaban J connectivity index is 1.59. The number of sulfonamides is 1. The number of aryl methyl sites for hydroxylation is 2. The Morgan fingerprint density at radius 2 is 1.74 bits per heavy atom. The SMILES string of the molecule is Cc1nc2c(=O)n(-c3ccc(S(=O)(=O)NC(=S)Nc4ccccc4)cc3)nc(C)c2s1. The van der Waals surface area contributed by atoms with Crippen LogP contribution in [0.2, 0.25) is 0 Å². The second-order valence-corrected chi connectivity index (χ2v) is 9.93. The predicted molar refractivity (Wildman–Crippen MR) is 125 cm³/mol. The zero-order valence-corrected chi connectivity index (χ0v) is 18.9. The fraction of sp³-hybridized carbons (Fsp3) is 0.100. The van der Waals surface area contributed by atoms with Crippen LogP contribution in [-0.4, -0.2) is 28.3 Å². The van der Waals surface area contributed by atoms with E-state index in [9.17, 15) is 13.2 Å². The number of hydrogen-bond donors (Lipinski definition) is 2. The molecule has 2 N–H and O–H groups in total. The maximum absolute atomic E-state index is 12.8. The van der Waals surface area contributed by atoms with Crippen molar-refractivity contribution in [2.45, 2.75) is 18.7 Å². The van der Waals surface area contributed by atoms with Crippen molar-refractivity contribution in [1.82, 2.24) is 19.5 Å². The molecule has 0 saturated carbocycles. The molecule has 0 aliphatic carbocycles. The third-order valence-corrected chi connectivity index (χ3v) is 7.14. The number of hydrogen-bond acceptors (Lipinski definition) is 7. The number of benzene rings is 2. The van der Waals surface area contributed by atoms with Gasteiger partial charge in [-0.15, -0.1) is 11.3 Å². The van der Waals surface area contributed by atoms with Gasteiger partial charge < -0.3 is 5.32 Å². The van der Waals surface area contributed by atoms with Gasteiger partial charge in [-0.25, -0.2) is 13.4 Å².